The smallest absolute Gasteiger partial charge is 0.416 e. The number of hydrogen-bond acceptors (Lipinski definition) is 4. The van der Waals surface area contributed by atoms with Gasteiger partial charge in [-0.05, 0) is 43.3 Å². The molecule has 1 aromatic heterocycles. The number of methoxy groups -OCH3 is 1. The summed E-state index contributed by atoms with van der Waals surface area (Å²) in [6.07, 6.45) is -4.46. The summed E-state index contributed by atoms with van der Waals surface area (Å²) in [5, 5.41) is 0.526. The third kappa shape index (κ3) is 4.38. The molecule has 0 atom stereocenters. The van der Waals surface area contributed by atoms with Crippen LogP contribution in [0.15, 0.2) is 42.5 Å². The summed E-state index contributed by atoms with van der Waals surface area (Å²) >= 11 is 0. The van der Waals surface area contributed by atoms with Crippen LogP contribution in [0.5, 0.6) is 5.75 Å². The zero-order chi connectivity index (χ0) is 22.9. The maximum absolute atomic E-state index is 13.4. The number of halogens is 3. The normalized spacial score (nSPS) is 15.3. The Balaban J connectivity index is 1.77. The highest BCUT2D eigenvalue weighted by atomic mass is 19.3. The van der Waals surface area contributed by atoms with Gasteiger partial charge >= 0.3 is 6.18 Å². The van der Waals surface area contributed by atoms with Crippen molar-refractivity contribution in [1.82, 2.24) is 9.47 Å². The number of ether oxygens (including phenoxy) is 2. The number of nitrogens with zero attached hydrogens (tertiary/aromatic N) is 2. The molecule has 1 aliphatic heterocycles. The van der Waals surface area contributed by atoms with Gasteiger partial charge in [0.05, 0.1) is 31.5 Å². The molecule has 0 bridgehead atoms. The molecule has 0 radical (unpaired) electrons. The molecule has 0 spiro atoms. The van der Waals surface area contributed by atoms with Gasteiger partial charge in [-0.3, -0.25) is 9.69 Å². The summed E-state index contributed by atoms with van der Waals surface area (Å²) in [7, 11) is 1.54. The maximum atomic E-state index is 13.4. The summed E-state index contributed by atoms with van der Waals surface area (Å²) in [4.78, 5) is 15.6. The first-order valence-corrected chi connectivity index (χ1v) is 10.5. The Morgan fingerprint density at radius 2 is 1.75 bits per heavy atom. The number of carbonyl (C=O) groups is 1. The zero-order valence-electron chi connectivity index (χ0n) is 18.0. The molecular weight excluding hydrogens is 420 g/mol. The first kappa shape index (κ1) is 22.4. The maximum Gasteiger partial charge on any atom is 0.416 e. The van der Waals surface area contributed by atoms with Crippen molar-refractivity contribution < 1.29 is 27.4 Å². The molecule has 1 fully saturated rings. The van der Waals surface area contributed by atoms with E-state index in [9.17, 15) is 18.0 Å². The van der Waals surface area contributed by atoms with E-state index in [-0.39, 0.29) is 5.78 Å². The van der Waals surface area contributed by atoms with E-state index in [2.05, 4.69) is 4.90 Å². The SMILES string of the molecule is COc1ccc(C(=O)c2c(C)n(CCN3CCOCC3)c3cc(C(F)(F)[18F])ccc23)cc1. The highest BCUT2D eigenvalue weighted by Gasteiger charge is 2.32. The van der Waals surface area contributed by atoms with Crippen LogP contribution in [0.4, 0.5) is 13.2 Å². The van der Waals surface area contributed by atoms with Crippen LogP contribution in [0.2, 0.25) is 0 Å². The van der Waals surface area contributed by atoms with Gasteiger partial charge in [-0.2, -0.15) is 13.2 Å². The van der Waals surface area contributed by atoms with Crippen LogP contribution < -0.4 is 4.74 Å². The van der Waals surface area contributed by atoms with Crippen LogP contribution in [-0.4, -0.2) is 55.2 Å². The number of benzene rings is 2. The minimum atomic E-state index is -4.46. The molecule has 0 unspecified atom stereocenters. The standard InChI is InChI=1S/C24H25F3N2O3/c1-16-22(23(30)17-3-6-19(31-2)7-4-17)20-8-5-18(24(25,26)27)15-21(20)29(16)10-9-28-11-13-32-14-12-28/h3-8,15H,9-14H2,1-2H3/i25-1. The molecule has 2 aromatic carbocycles. The summed E-state index contributed by atoms with van der Waals surface area (Å²) in [5.41, 5.74) is 1.25. The average molecular weight is 445 g/mol. The van der Waals surface area contributed by atoms with E-state index in [0.717, 1.165) is 25.2 Å². The van der Waals surface area contributed by atoms with Crippen LogP contribution in [-0.2, 0) is 17.5 Å². The molecule has 170 valence electrons. The lowest BCUT2D eigenvalue weighted by Crippen LogP contribution is -2.38. The molecule has 3 aromatic rings. The third-order valence-corrected chi connectivity index (χ3v) is 5.97. The predicted molar refractivity (Wildman–Crippen MR) is 115 cm³/mol. The van der Waals surface area contributed by atoms with Gasteiger partial charge in [0.2, 0.25) is 0 Å². The predicted octanol–water partition coefficient (Wildman–Crippen LogP) is 4.54. The van der Waals surface area contributed by atoms with Gasteiger partial charge < -0.3 is 14.0 Å². The summed E-state index contributed by atoms with van der Waals surface area (Å²) in [6, 6.07) is 10.3. The van der Waals surface area contributed by atoms with E-state index in [0.29, 0.717) is 59.8 Å². The summed E-state index contributed by atoms with van der Waals surface area (Å²) in [6.45, 7) is 5.80. The fraction of sp³-hybridized carbons (Fsp3) is 0.375. The number of hydrogen-bond donors (Lipinski definition) is 0. The first-order chi connectivity index (χ1) is 15.3. The van der Waals surface area contributed by atoms with E-state index in [1.54, 1.807) is 38.3 Å². The number of ketones is 1. The highest BCUT2D eigenvalue weighted by Crippen LogP contribution is 2.35. The second-order valence-corrected chi connectivity index (χ2v) is 7.85. The molecule has 8 heteroatoms. The van der Waals surface area contributed by atoms with Crippen LogP contribution in [0, 0.1) is 6.92 Å². The summed E-state index contributed by atoms with van der Waals surface area (Å²) < 4.78 is 52.6. The van der Waals surface area contributed by atoms with Crippen molar-refractivity contribution >= 4 is 16.7 Å². The summed E-state index contributed by atoms with van der Waals surface area (Å²) in [5.74, 6) is 0.404. The van der Waals surface area contributed by atoms with Crippen molar-refractivity contribution in [2.75, 3.05) is 40.0 Å². The molecule has 0 N–H and O–H groups in total. The molecule has 4 rings (SSSR count). The molecule has 32 heavy (non-hydrogen) atoms. The average Bonchev–Trinajstić information content (AvgIpc) is 3.07. The van der Waals surface area contributed by atoms with Crippen molar-refractivity contribution in [3.63, 3.8) is 0 Å². The van der Waals surface area contributed by atoms with Gasteiger partial charge in [-0.25, -0.2) is 0 Å². The third-order valence-electron chi connectivity index (χ3n) is 5.97. The Labute approximate surface area is 184 Å². The van der Waals surface area contributed by atoms with E-state index in [1.807, 2.05) is 4.57 Å². The van der Waals surface area contributed by atoms with Gasteiger partial charge in [0.25, 0.3) is 0 Å². The van der Waals surface area contributed by atoms with Gasteiger partial charge in [0, 0.05) is 48.3 Å². The second-order valence-electron chi connectivity index (χ2n) is 7.85. The van der Waals surface area contributed by atoms with Crippen molar-refractivity contribution in [2.45, 2.75) is 19.6 Å². The fourth-order valence-corrected chi connectivity index (χ4v) is 4.18. The molecular formula is C24H25F3N2O3. The highest BCUT2D eigenvalue weighted by molar-refractivity contribution is 6.17. The fourth-order valence-electron chi connectivity index (χ4n) is 4.18. The lowest BCUT2D eigenvalue weighted by atomic mass is 9.99. The first-order valence-electron chi connectivity index (χ1n) is 10.5. The number of alkyl halides is 3. The monoisotopic (exact) mass is 445 g/mol. The Kier molecular flexibility index (Phi) is 6.26. The number of carbonyl (C=O) groups excluding carboxylic acids is 1. The van der Waals surface area contributed by atoms with E-state index in [4.69, 9.17) is 9.47 Å². The lowest BCUT2D eigenvalue weighted by molar-refractivity contribution is -0.137. The molecule has 0 aliphatic carbocycles. The quantitative estimate of drug-likeness (QED) is 0.523. The number of aromatic nitrogens is 1. The Hall–Kier alpha value is -2.84. The van der Waals surface area contributed by atoms with Gasteiger partial charge in [0.15, 0.2) is 5.78 Å². The molecule has 1 saturated heterocycles. The van der Waals surface area contributed by atoms with Crippen molar-refractivity contribution in [2.24, 2.45) is 0 Å². The largest absolute Gasteiger partial charge is 0.497 e. The van der Waals surface area contributed by atoms with Crippen LogP contribution in [0.1, 0.15) is 27.2 Å². The molecule has 0 amide bonds. The molecule has 0 saturated carbocycles. The molecule has 5 nitrogen and oxygen atoms in total. The van der Waals surface area contributed by atoms with Crippen LogP contribution in [0.25, 0.3) is 10.9 Å². The topological polar surface area (TPSA) is 43.7 Å². The van der Waals surface area contributed by atoms with Gasteiger partial charge in [0.1, 0.15) is 5.75 Å². The van der Waals surface area contributed by atoms with E-state index in [1.165, 1.54) is 6.07 Å². The van der Waals surface area contributed by atoms with Crippen molar-refractivity contribution in [1.29, 1.82) is 0 Å². The van der Waals surface area contributed by atoms with Crippen molar-refractivity contribution in [3.05, 3.63) is 64.8 Å². The van der Waals surface area contributed by atoms with Crippen molar-refractivity contribution in [3.8, 4) is 5.75 Å². The van der Waals surface area contributed by atoms with Gasteiger partial charge in [-0.1, -0.05) is 6.07 Å². The van der Waals surface area contributed by atoms with E-state index < -0.39 is 11.7 Å². The Morgan fingerprint density at radius 1 is 1.06 bits per heavy atom. The lowest BCUT2D eigenvalue weighted by Gasteiger charge is -2.27. The number of fused-ring (bicyclic) bond motifs is 1. The van der Waals surface area contributed by atoms with E-state index >= 15 is 0 Å². The molecule has 2 heterocycles. The van der Waals surface area contributed by atoms with Gasteiger partial charge in [-0.15, -0.1) is 0 Å². The Bertz CT molecular complexity index is 1110. The van der Waals surface area contributed by atoms with Crippen LogP contribution >= 0.6 is 0 Å². The molecule has 1 aliphatic rings. The minimum Gasteiger partial charge on any atom is -0.497 e. The van der Waals surface area contributed by atoms with Crippen LogP contribution in [0.3, 0.4) is 0 Å². The Morgan fingerprint density at radius 3 is 2.38 bits per heavy atom. The number of morpholine rings is 1. The second kappa shape index (κ2) is 8.96. The zero-order valence-corrected chi connectivity index (χ0v) is 18.0. The number of rotatable bonds is 6. The minimum absolute atomic E-state index is 0.222.